The summed E-state index contributed by atoms with van der Waals surface area (Å²) in [5, 5.41) is 2.13. The van der Waals surface area contributed by atoms with Crippen LogP contribution in [-0.2, 0) is 19.6 Å². The van der Waals surface area contributed by atoms with Crippen LogP contribution in [0.1, 0.15) is 6.92 Å². The second-order valence-corrected chi connectivity index (χ2v) is 6.96. The molecule has 0 radical (unpaired) electrons. The van der Waals surface area contributed by atoms with Crippen LogP contribution in [0.2, 0.25) is 0 Å². The first kappa shape index (κ1) is 12.8. The van der Waals surface area contributed by atoms with E-state index < -0.39 is 21.2 Å². The second-order valence-electron chi connectivity index (χ2n) is 4.71. The van der Waals surface area contributed by atoms with Gasteiger partial charge in [-0.15, -0.1) is 0 Å². The molecule has 0 aromatic carbocycles. The van der Waals surface area contributed by atoms with Crippen LogP contribution < -0.4 is 5.32 Å². The fourth-order valence-corrected chi connectivity index (χ4v) is 4.12. The molecule has 2 aliphatic heterocycles. The van der Waals surface area contributed by atoms with E-state index in [1.54, 1.807) is 0 Å². The first-order valence-electron chi connectivity index (χ1n) is 5.74. The maximum atomic E-state index is 12.2. The van der Waals surface area contributed by atoms with Gasteiger partial charge in [-0.2, -0.15) is 0 Å². The Morgan fingerprint density at radius 2 is 1.88 bits per heavy atom. The van der Waals surface area contributed by atoms with Gasteiger partial charge in [-0.05, 0) is 31.8 Å². The molecular formula is C10H18N2O4S. The highest BCUT2D eigenvalue weighted by molar-refractivity contribution is 7.90. The van der Waals surface area contributed by atoms with Crippen molar-refractivity contribution in [3.8, 4) is 0 Å². The molecule has 2 heterocycles. The highest BCUT2D eigenvalue weighted by Gasteiger charge is 2.44. The topological polar surface area (TPSA) is 75.7 Å². The normalized spacial score (nSPS) is 31.2. The summed E-state index contributed by atoms with van der Waals surface area (Å²) in [5.41, 5.74) is 0. The number of hydrogen-bond donors (Lipinski definition) is 1. The lowest BCUT2D eigenvalue weighted by atomic mass is 10.0. The van der Waals surface area contributed by atoms with E-state index >= 15 is 0 Å². The lowest BCUT2D eigenvalue weighted by molar-refractivity contribution is -0.139. The highest BCUT2D eigenvalue weighted by atomic mass is 32.2. The predicted octanol–water partition coefficient (Wildman–Crippen LogP) is -0.971. The highest BCUT2D eigenvalue weighted by Crippen LogP contribution is 2.29. The van der Waals surface area contributed by atoms with E-state index in [-0.39, 0.29) is 0 Å². The molecule has 1 N–H and O–H groups in total. The Morgan fingerprint density at radius 1 is 1.35 bits per heavy atom. The number of sulfonamides is 1. The zero-order chi connectivity index (χ0) is 12.6. The van der Waals surface area contributed by atoms with Crippen molar-refractivity contribution in [1.82, 2.24) is 9.62 Å². The van der Waals surface area contributed by atoms with Gasteiger partial charge >= 0.3 is 5.97 Å². The van der Waals surface area contributed by atoms with Crippen molar-refractivity contribution >= 4 is 16.0 Å². The number of carbonyl (C=O) groups is 1. The molecule has 0 saturated carbocycles. The van der Waals surface area contributed by atoms with Gasteiger partial charge in [0.05, 0.1) is 7.11 Å². The standard InChI is InChI=1S/C10H18N2O4S/c1-7(10(13)16-2)17(14,15)12-5-8-3-11-4-9(8)6-12/h7-9,11H,3-6H2,1-2H3. The predicted molar refractivity (Wildman–Crippen MR) is 61.8 cm³/mol. The lowest BCUT2D eigenvalue weighted by Crippen LogP contribution is -2.41. The molecule has 3 unspecified atom stereocenters. The molecule has 2 rings (SSSR count). The molecule has 0 aromatic heterocycles. The maximum Gasteiger partial charge on any atom is 0.325 e. The van der Waals surface area contributed by atoms with Crippen LogP contribution in [0.4, 0.5) is 0 Å². The Bertz CT molecular complexity index is 397. The Hall–Kier alpha value is -0.660. The zero-order valence-electron chi connectivity index (χ0n) is 10.0. The van der Waals surface area contributed by atoms with Crippen LogP contribution in [0.5, 0.6) is 0 Å². The number of esters is 1. The van der Waals surface area contributed by atoms with E-state index in [1.165, 1.54) is 18.3 Å². The molecule has 2 fully saturated rings. The van der Waals surface area contributed by atoms with Crippen molar-refractivity contribution < 1.29 is 17.9 Å². The summed E-state index contributed by atoms with van der Waals surface area (Å²) in [6.07, 6.45) is 0. The molecule has 0 bridgehead atoms. The SMILES string of the molecule is COC(=O)C(C)S(=O)(=O)N1CC2CNCC2C1. The number of carbonyl (C=O) groups excluding carboxylic acids is 1. The Balaban J connectivity index is 2.09. The monoisotopic (exact) mass is 262 g/mol. The van der Waals surface area contributed by atoms with Gasteiger partial charge in [-0.25, -0.2) is 12.7 Å². The second kappa shape index (κ2) is 4.55. The molecule has 3 atom stereocenters. The van der Waals surface area contributed by atoms with Gasteiger partial charge < -0.3 is 10.1 Å². The lowest BCUT2D eigenvalue weighted by Gasteiger charge is -2.20. The summed E-state index contributed by atoms with van der Waals surface area (Å²) in [5.74, 6) is 0.0735. The van der Waals surface area contributed by atoms with Crippen molar-refractivity contribution in [2.45, 2.75) is 12.2 Å². The summed E-state index contributed by atoms with van der Waals surface area (Å²) in [4.78, 5) is 11.3. The molecule has 0 aromatic rings. The Labute approximate surface area is 101 Å². The number of nitrogens with zero attached hydrogens (tertiary/aromatic N) is 1. The van der Waals surface area contributed by atoms with Crippen molar-refractivity contribution in [1.29, 1.82) is 0 Å². The summed E-state index contributed by atoms with van der Waals surface area (Å²) in [6.45, 7) is 4.14. The molecule has 0 aliphatic carbocycles. The minimum Gasteiger partial charge on any atom is -0.468 e. The van der Waals surface area contributed by atoms with Gasteiger partial charge in [-0.1, -0.05) is 0 Å². The van der Waals surface area contributed by atoms with Gasteiger partial charge in [0, 0.05) is 13.1 Å². The first-order valence-corrected chi connectivity index (χ1v) is 7.24. The zero-order valence-corrected chi connectivity index (χ0v) is 10.9. The number of rotatable bonds is 3. The molecule has 17 heavy (non-hydrogen) atoms. The van der Waals surface area contributed by atoms with Crippen LogP contribution in [-0.4, -0.2) is 57.2 Å². The largest absolute Gasteiger partial charge is 0.468 e. The quantitative estimate of drug-likeness (QED) is 0.662. The smallest absolute Gasteiger partial charge is 0.325 e. The molecular weight excluding hydrogens is 244 g/mol. The minimum atomic E-state index is -3.56. The van der Waals surface area contributed by atoms with Crippen molar-refractivity contribution in [2.75, 3.05) is 33.3 Å². The number of ether oxygens (including phenoxy) is 1. The van der Waals surface area contributed by atoms with Crippen molar-refractivity contribution in [3.05, 3.63) is 0 Å². The van der Waals surface area contributed by atoms with Crippen LogP contribution in [0.25, 0.3) is 0 Å². The minimum absolute atomic E-state index is 0.384. The number of nitrogens with one attached hydrogen (secondary N) is 1. The van der Waals surface area contributed by atoms with Gasteiger partial charge in [0.15, 0.2) is 5.25 Å². The maximum absolute atomic E-state index is 12.2. The van der Waals surface area contributed by atoms with E-state index in [0.29, 0.717) is 24.9 Å². The van der Waals surface area contributed by atoms with Gasteiger partial charge in [-0.3, -0.25) is 4.79 Å². The van der Waals surface area contributed by atoms with Crippen LogP contribution in [0, 0.1) is 11.8 Å². The number of hydrogen-bond acceptors (Lipinski definition) is 5. The van der Waals surface area contributed by atoms with Crippen molar-refractivity contribution in [2.24, 2.45) is 11.8 Å². The summed E-state index contributed by atoms with van der Waals surface area (Å²) >= 11 is 0. The summed E-state index contributed by atoms with van der Waals surface area (Å²) in [7, 11) is -2.36. The molecule has 98 valence electrons. The average molecular weight is 262 g/mol. The molecule has 7 heteroatoms. The van der Waals surface area contributed by atoms with Crippen molar-refractivity contribution in [3.63, 3.8) is 0 Å². The Kier molecular flexibility index (Phi) is 3.42. The van der Waals surface area contributed by atoms with Gasteiger partial charge in [0.25, 0.3) is 0 Å². The van der Waals surface area contributed by atoms with E-state index in [1.807, 2.05) is 0 Å². The number of fused-ring (bicyclic) bond motifs is 1. The van der Waals surface area contributed by atoms with E-state index in [9.17, 15) is 13.2 Å². The average Bonchev–Trinajstić information content (AvgIpc) is 2.86. The summed E-state index contributed by atoms with van der Waals surface area (Å²) < 4.78 is 30.3. The first-order chi connectivity index (χ1) is 7.96. The van der Waals surface area contributed by atoms with Gasteiger partial charge in [0.2, 0.25) is 10.0 Å². The van der Waals surface area contributed by atoms with Crippen LogP contribution >= 0.6 is 0 Å². The molecule has 0 spiro atoms. The third kappa shape index (κ3) is 2.19. The van der Waals surface area contributed by atoms with E-state index in [4.69, 9.17) is 0 Å². The van der Waals surface area contributed by atoms with Crippen LogP contribution in [0.15, 0.2) is 0 Å². The van der Waals surface area contributed by atoms with E-state index in [0.717, 1.165) is 13.1 Å². The summed E-state index contributed by atoms with van der Waals surface area (Å²) in [6, 6.07) is 0. The van der Waals surface area contributed by atoms with Gasteiger partial charge in [0.1, 0.15) is 0 Å². The molecule has 0 amide bonds. The van der Waals surface area contributed by atoms with Crippen LogP contribution in [0.3, 0.4) is 0 Å². The Morgan fingerprint density at radius 3 is 2.35 bits per heavy atom. The third-order valence-corrected chi connectivity index (χ3v) is 5.80. The fourth-order valence-electron chi connectivity index (χ4n) is 2.53. The molecule has 2 aliphatic rings. The third-order valence-electron chi connectivity index (χ3n) is 3.70. The van der Waals surface area contributed by atoms with E-state index in [2.05, 4.69) is 10.1 Å². The number of methoxy groups -OCH3 is 1. The molecule has 6 nitrogen and oxygen atoms in total. The fraction of sp³-hybridized carbons (Fsp3) is 0.900. The molecule has 2 saturated heterocycles.